The molecule has 0 unspecified atom stereocenters. The second-order valence-electron chi connectivity index (χ2n) is 5.53. The first-order valence-corrected chi connectivity index (χ1v) is 7.40. The fraction of sp³-hybridized carbons (Fsp3) is 0.222. The fourth-order valence-corrected chi connectivity index (χ4v) is 2.89. The van der Waals surface area contributed by atoms with Gasteiger partial charge in [-0.05, 0) is 24.6 Å². The third-order valence-corrected chi connectivity index (χ3v) is 4.14. The Kier molecular flexibility index (Phi) is 3.92. The number of hydrazine groups is 1. The minimum atomic E-state index is -0.255. The van der Waals surface area contributed by atoms with Gasteiger partial charge in [0.25, 0.3) is 5.91 Å². The van der Waals surface area contributed by atoms with Crippen molar-refractivity contribution < 1.29 is 9.59 Å². The van der Waals surface area contributed by atoms with Gasteiger partial charge in [-0.1, -0.05) is 48.5 Å². The average Bonchev–Trinajstić information content (AvgIpc) is 2.84. The van der Waals surface area contributed by atoms with Crippen molar-refractivity contribution in [3.63, 3.8) is 0 Å². The third kappa shape index (κ3) is 2.72. The van der Waals surface area contributed by atoms with E-state index in [1.54, 1.807) is 24.3 Å². The lowest BCUT2D eigenvalue weighted by atomic mass is 9.93. The molecule has 22 heavy (non-hydrogen) atoms. The van der Waals surface area contributed by atoms with Crippen LogP contribution in [0.4, 0.5) is 0 Å². The largest absolute Gasteiger partial charge is 0.273 e. The molecule has 0 bridgehead atoms. The van der Waals surface area contributed by atoms with E-state index in [4.69, 9.17) is 0 Å². The quantitative estimate of drug-likeness (QED) is 0.946. The highest BCUT2D eigenvalue weighted by Crippen LogP contribution is 2.32. The van der Waals surface area contributed by atoms with Gasteiger partial charge in [-0.2, -0.15) is 0 Å². The molecule has 1 aliphatic rings. The molecule has 112 valence electrons. The molecule has 0 spiro atoms. The molecule has 1 fully saturated rings. The van der Waals surface area contributed by atoms with Gasteiger partial charge in [0.15, 0.2) is 0 Å². The van der Waals surface area contributed by atoms with Gasteiger partial charge in [0.05, 0.1) is 6.04 Å². The zero-order valence-electron chi connectivity index (χ0n) is 12.4. The Hall–Kier alpha value is -2.62. The molecule has 2 atom stereocenters. The molecule has 1 aliphatic heterocycles. The van der Waals surface area contributed by atoms with E-state index in [1.165, 1.54) is 5.01 Å². The zero-order valence-corrected chi connectivity index (χ0v) is 12.4. The van der Waals surface area contributed by atoms with Crippen LogP contribution in [-0.4, -0.2) is 22.9 Å². The molecule has 2 amide bonds. The van der Waals surface area contributed by atoms with Gasteiger partial charge in [-0.3, -0.25) is 20.0 Å². The summed E-state index contributed by atoms with van der Waals surface area (Å²) in [6, 6.07) is 18.8. The van der Waals surface area contributed by atoms with Crippen molar-refractivity contribution in [2.24, 2.45) is 0 Å². The fourth-order valence-electron chi connectivity index (χ4n) is 2.89. The molecule has 1 saturated heterocycles. The van der Waals surface area contributed by atoms with Gasteiger partial charge in [0.1, 0.15) is 0 Å². The monoisotopic (exact) mass is 294 g/mol. The first kappa shape index (κ1) is 14.3. The average molecular weight is 294 g/mol. The Bertz CT molecular complexity index is 670. The van der Waals surface area contributed by atoms with E-state index in [2.05, 4.69) is 5.43 Å². The van der Waals surface area contributed by atoms with Gasteiger partial charge < -0.3 is 0 Å². The van der Waals surface area contributed by atoms with Crippen LogP contribution in [0.5, 0.6) is 0 Å². The van der Waals surface area contributed by atoms with E-state index in [0.29, 0.717) is 12.0 Å². The first-order chi connectivity index (χ1) is 10.7. The zero-order chi connectivity index (χ0) is 15.5. The van der Waals surface area contributed by atoms with Crippen LogP contribution in [-0.2, 0) is 4.79 Å². The van der Waals surface area contributed by atoms with Crippen LogP contribution in [0.15, 0.2) is 60.7 Å². The van der Waals surface area contributed by atoms with E-state index in [9.17, 15) is 9.59 Å². The van der Waals surface area contributed by atoms with E-state index in [0.717, 1.165) is 5.56 Å². The third-order valence-electron chi connectivity index (χ3n) is 4.14. The number of carbonyl (C=O) groups excluding carboxylic acids is 2. The number of hydrogen-bond acceptors (Lipinski definition) is 2. The van der Waals surface area contributed by atoms with Crippen molar-refractivity contribution in [3.05, 3.63) is 71.8 Å². The number of nitrogens with one attached hydrogen (secondary N) is 1. The second kappa shape index (κ2) is 6.02. The van der Waals surface area contributed by atoms with Crippen LogP contribution in [0.2, 0.25) is 0 Å². The molecule has 2 aromatic rings. The van der Waals surface area contributed by atoms with Gasteiger partial charge in [-0.25, -0.2) is 0 Å². The first-order valence-electron chi connectivity index (χ1n) is 7.40. The summed E-state index contributed by atoms with van der Waals surface area (Å²) in [6.07, 6.45) is 0.417. The van der Waals surface area contributed by atoms with Crippen molar-refractivity contribution in [3.8, 4) is 0 Å². The van der Waals surface area contributed by atoms with E-state index >= 15 is 0 Å². The normalized spacial score (nSPS) is 21.0. The number of carbonyl (C=O) groups is 2. The molecule has 1 heterocycles. The number of hydrogen-bond donors (Lipinski definition) is 1. The summed E-state index contributed by atoms with van der Waals surface area (Å²) in [4.78, 5) is 24.5. The van der Waals surface area contributed by atoms with Gasteiger partial charge in [-0.15, -0.1) is 0 Å². The lowest BCUT2D eigenvalue weighted by Crippen LogP contribution is -2.47. The summed E-state index contributed by atoms with van der Waals surface area (Å²) in [5.41, 5.74) is 4.41. The Labute approximate surface area is 129 Å². The van der Waals surface area contributed by atoms with Crippen molar-refractivity contribution in [2.75, 3.05) is 0 Å². The summed E-state index contributed by atoms with van der Waals surface area (Å²) in [6.45, 7) is 1.97. The minimum absolute atomic E-state index is 0.0503. The standard InChI is InChI=1S/C18H18N2O2/c1-13-16(14-8-4-2-5-9-14)12-17(21)20(13)19-18(22)15-10-6-3-7-11-15/h2-11,13,16H,12H2,1H3,(H,19,22)/t13-,16+/m0/s1. The smallest absolute Gasteiger partial charge is 0.269 e. The summed E-state index contributed by atoms with van der Waals surface area (Å²) >= 11 is 0. The Balaban J connectivity index is 1.75. The van der Waals surface area contributed by atoms with Crippen molar-refractivity contribution in [1.82, 2.24) is 10.4 Å². The summed E-state index contributed by atoms with van der Waals surface area (Å²) < 4.78 is 0. The lowest BCUT2D eigenvalue weighted by molar-refractivity contribution is -0.131. The van der Waals surface area contributed by atoms with Crippen LogP contribution < -0.4 is 5.43 Å². The molecule has 0 aromatic heterocycles. The Morgan fingerprint density at radius 2 is 1.64 bits per heavy atom. The molecule has 0 radical (unpaired) electrons. The SMILES string of the molecule is C[C@H]1[C@H](c2ccccc2)CC(=O)N1NC(=O)c1ccccc1. The number of nitrogens with zero attached hydrogens (tertiary/aromatic N) is 1. The van der Waals surface area contributed by atoms with Crippen molar-refractivity contribution >= 4 is 11.8 Å². The summed E-state index contributed by atoms with van der Waals surface area (Å²) in [7, 11) is 0. The van der Waals surface area contributed by atoms with Crippen LogP contribution in [0.3, 0.4) is 0 Å². The van der Waals surface area contributed by atoms with Crippen molar-refractivity contribution in [2.45, 2.75) is 25.3 Å². The van der Waals surface area contributed by atoms with Crippen molar-refractivity contribution in [1.29, 1.82) is 0 Å². The van der Waals surface area contributed by atoms with E-state index < -0.39 is 0 Å². The Morgan fingerprint density at radius 3 is 2.27 bits per heavy atom. The molecule has 0 saturated carbocycles. The summed E-state index contributed by atoms with van der Waals surface area (Å²) in [5, 5.41) is 1.47. The molecule has 2 aromatic carbocycles. The minimum Gasteiger partial charge on any atom is -0.273 e. The maximum Gasteiger partial charge on any atom is 0.269 e. The predicted octanol–water partition coefficient (Wildman–Crippen LogP) is 2.74. The topological polar surface area (TPSA) is 49.4 Å². The summed E-state index contributed by atoms with van der Waals surface area (Å²) in [5.74, 6) is -0.204. The predicted molar refractivity (Wildman–Crippen MR) is 84.0 cm³/mol. The molecule has 4 heteroatoms. The van der Waals surface area contributed by atoms with Crippen LogP contribution in [0.25, 0.3) is 0 Å². The highest BCUT2D eigenvalue weighted by Gasteiger charge is 2.38. The molecule has 0 aliphatic carbocycles. The maximum atomic E-state index is 12.2. The Morgan fingerprint density at radius 1 is 1.05 bits per heavy atom. The number of rotatable bonds is 3. The van der Waals surface area contributed by atoms with Gasteiger partial charge in [0, 0.05) is 17.9 Å². The van der Waals surface area contributed by atoms with Gasteiger partial charge in [0.2, 0.25) is 5.91 Å². The van der Waals surface area contributed by atoms with Crippen LogP contribution >= 0.6 is 0 Å². The lowest BCUT2D eigenvalue weighted by Gasteiger charge is -2.25. The molecule has 4 nitrogen and oxygen atoms in total. The molecule has 1 N–H and O–H groups in total. The number of benzene rings is 2. The molecule has 3 rings (SSSR count). The van der Waals surface area contributed by atoms with Gasteiger partial charge >= 0.3 is 0 Å². The van der Waals surface area contributed by atoms with Crippen LogP contribution in [0.1, 0.15) is 35.2 Å². The number of amides is 2. The van der Waals surface area contributed by atoms with E-state index in [-0.39, 0.29) is 23.8 Å². The highest BCUT2D eigenvalue weighted by molar-refractivity contribution is 5.95. The second-order valence-corrected chi connectivity index (χ2v) is 5.53. The van der Waals surface area contributed by atoms with E-state index in [1.807, 2.05) is 43.3 Å². The van der Waals surface area contributed by atoms with Crippen LogP contribution in [0, 0.1) is 0 Å². The highest BCUT2D eigenvalue weighted by atomic mass is 16.2. The molecular formula is C18H18N2O2. The maximum absolute atomic E-state index is 12.2. The molecular weight excluding hydrogens is 276 g/mol.